The van der Waals surface area contributed by atoms with Crippen molar-refractivity contribution in [3.63, 3.8) is 0 Å². The number of benzene rings is 1. The maximum atomic E-state index is 11.5. The largest absolute Gasteiger partial charge is 0.399 e. The number of carbonyl (C=O) groups is 1. The molecule has 0 spiro atoms. The van der Waals surface area contributed by atoms with Crippen molar-refractivity contribution in [1.82, 2.24) is 5.32 Å². The standard InChI is InChI=1S/C10H14N2O2/c1-7-2-3-8(11)6-9(7)10(14)12-4-5-13/h2-3,6,13H,4-5,11H2,1H3,(H,12,14). The molecule has 0 unspecified atom stereocenters. The molecule has 76 valence electrons. The number of amides is 1. The highest BCUT2D eigenvalue weighted by atomic mass is 16.3. The molecule has 1 aromatic carbocycles. The highest BCUT2D eigenvalue weighted by molar-refractivity contribution is 5.96. The van der Waals surface area contributed by atoms with Crippen molar-refractivity contribution < 1.29 is 9.90 Å². The van der Waals surface area contributed by atoms with Crippen LogP contribution in [0.1, 0.15) is 15.9 Å². The molecule has 0 atom stereocenters. The third-order valence-electron chi connectivity index (χ3n) is 1.90. The third-order valence-corrected chi connectivity index (χ3v) is 1.90. The maximum Gasteiger partial charge on any atom is 0.251 e. The molecule has 1 amide bonds. The zero-order chi connectivity index (χ0) is 10.6. The average Bonchev–Trinajstić information content (AvgIpc) is 2.18. The molecule has 14 heavy (non-hydrogen) atoms. The van der Waals surface area contributed by atoms with Crippen LogP contribution in [0.5, 0.6) is 0 Å². The summed E-state index contributed by atoms with van der Waals surface area (Å²) in [5.41, 5.74) is 7.55. The van der Waals surface area contributed by atoms with Gasteiger partial charge in [0, 0.05) is 17.8 Å². The summed E-state index contributed by atoms with van der Waals surface area (Å²) in [6.07, 6.45) is 0. The Hall–Kier alpha value is -1.55. The van der Waals surface area contributed by atoms with E-state index in [4.69, 9.17) is 10.8 Å². The minimum atomic E-state index is -0.205. The maximum absolute atomic E-state index is 11.5. The Morgan fingerprint density at radius 3 is 2.93 bits per heavy atom. The monoisotopic (exact) mass is 194 g/mol. The molecular weight excluding hydrogens is 180 g/mol. The molecular formula is C10H14N2O2. The zero-order valence-electron chi connectivity index (χ0n) is 8.08. The first-order valence-corrected chi connectivity index (χ1v) is 4.40. The molecule has 0 heterocycles. The van der Waals surface area contributed by atoms with E-state index in [-0.39, 0.29) is 19.1 Å². The molecule has 4 N–H and O–H groups in total. The number of rotatable bonds is 3. The zero-order valence-corrected chi connectivity index (χ0v) is 8.08. The number of anilines is 1. The highest BCUT2D eigenvalue weighted by Gasteiger charge is 2.07. The number of hydrogen-bond acceptors (Lipinski definition) is 3. The molecule has 0 saturated heterocycles. The Kier molecular flexibility index (Phi) is 3.48. The Balaban J connectivity index is 2.83. The first kappa shape index (κ1) is 10.5. The fourth-order valence-corrected chi connectivity index (χ4v) is 1.15. The lowest BCUT2D eigenvalue weighted by Gasteiger charge is -2.06. The van der Waals surface area contributed by atoms with Gasteiger partial charge in [-0.05, 0) is 24.6 Å². The van der Waals surface area contributed by atoms with Crippen molar-refractivity contribution in [2.24, 2.45) is 0 Å². The van der Waals surface area contributed by atoms with E-state index >= 15 is 0 Å². The summed E-state index contributed by atoms with van der Waals surface area (Å²) < 4.78 is 0. The van der Waals surface area contributed by atoms with E-state index in [9.17, 15) is 4.79 Å². The number of aliphatic hydroxyl groups excluding tert-OH is 1. The minimum Gasteiger partial charge on any atom is -0.399 e. The van der Waals surface area contributed by atoms with Gasteiger partial charge in [-0.15, -0.1) is 0 Å². The number of nitrogens with two attached hydrogens (primary N) is 1. The molecule has 0 fully saturated rings. The average molecular weight is 194 g/mol. The van der Waals surface area contributed by atoms with Crippen molar-refractivity contribution in [2.75, 3.05) is 18.9 Å². The van der Waals surface area contributed by atoms with Gasteiger partial charge in [-0.1, -0.05) is 6.07 Å². The van der Waals surface area contributed by atoms with E-state index in [1.807, 2.05) is 6.92 Å². The normalized spacial score (nSPS) is 9.86. The van der Waals surface area contributed by atoms with Crippen molar-refractivity contribution in [3.8, 4) is 0 Å². The van der Waals surface area contributed by atoms with Crippen molar-refractivity contribution >= 4 is 11.6 Å². The summed E-state index contributed by atoms with van der Waals surface area (Å²) in [6.45, 7) is 2.04. The number of aryl methyl sites for hydroxylation is 1. The lowest BCUT2D eigenvalue weighted by Crippen LogP contribution is -2.27. The molecule has 4 nitrogen and oxygen atoms in total. The molecule has 0 aromatic heterocycles. The fraction of sp³-hybridized carbons (Fsp3) is 0.300. The van der Waals surface area contributed by atoms with Gasteiger partial charge in [0.1, 0.15) is 0 Å². The quantitative estimate of drug-likeness (QED) is 0.606. The van der Waals surface area contributed by atoms with Gasteiger partial charge in [-0.2, -0.15) is 0 Å². The first-order valence-electron chi connectivity index (χ1n) is 4.40. The van der Waals surface area contributed by atoms with Crippen molar-refractivity contribution in [1.29, 1.82) is 0 Å². The predicted molar refractivity (Wildman–Crippen MR) is 55.0 cm³/mol. The van der Waals surface area contributed by atoms with E-state index < -0.39 is 0 Å². The lowest BCUT2D eigenvalue weighted by molar-refractivity contribution is 0.0944. The molecule has 0 bridgehead atoms. The summed E-state index contributed by atoms with van der Waals surface area (Å²) in [4.78, 5) is 11.5. The van der Waals surface area contributed by atoms with E-state index in [1.165, 1.54) is 0 Å². The second-order valence-corrected chi connectivity index (χ2v) is 3.05. The molecule has 0 aliphatic carbocycles. The Morgan fingerprint density at radius 1 is 1.57 bits per heavy atom. The van der Waals surface area contributed by atoms with Crippen LogP contribution in [0, 0.1) is 6.92 Å². The van der Waals surface area contributed by atoms with Gasteiger partial charge in [0.2, 0.25) is 0 Å². The van der Waals surface area contributed by atoms with E-state index in [2.05, 4.69) is 5.32 Å². The Labute approximate surface area is 82.7 Å². The summed E-state index contributed by atoms with van der Waals surface area (Å²) in [6, 6.07) is 5.17. The highest BCUT2D eigenvalue weighted by Crippen LogP contribution is 2.12. The molecule has 1 aromatic rings. The summed E-state index contributed by atoms with van der Waals surface area (Å²) in [5, 5.41) is 11.1. The lowest BCUT2D eigenvalue weighted by atomic mass is 10.1. The number of nitrogens with one attached hydrogen (secondary N) is 1. The van der Waals surface area contributed by atoms with Crippen LogP contribution in [0.2, 0.25) is 0 Å². The van der Waals surface area contributed by atoms with E-state index in [1.54, 1.807) is 18.2 Å². The predicted octanol–water partition coefficient (Wildman–Crippen LogP) is 0.299. The van der Waals surface area contributed by atoms with Crippen LogP contribution in [0.15, 0.2) is 18.2 Å². The van der Waals surface area contributed by atoms with Crippen LogP contribution >= 0.6 is 0 Å². The van der Waals surface area contributed by atoms with Crippen LogP contribution in [0.4, 0.5) is 5.69 Å². The van der Waals surface area contributed by atoms with Gasteiger partial charge >= 0.3 is 0 Å². The van der Waals surface area contributed by atoms with Gasteiger partial charge in [0.25, 0.3) is 5.91 Å². The topological polar surface area (TPSA) is 75.4 Å². The summed E-state index contributed by atoms with van der Waals surface area (Å²) in [7, 11) is 0. The second-order valence-electron chi connectivity index (χ2n) is 3.05. The second kappa shape index (κ2) is 4.62. The Bertz CT molecular complexity index is 337. The summed E-state index contributed by atoms with van der Waals surface area (Å²) >= 11 is 0. The van der Waals surface area contributed by atoms with Crippen LogP contribution in [-0.2, 0) is 0 Å². The first-order chi connectivity index (χ1) is 6.65. The molecule has 4 heteroatoms. The number of aliphatic hydroxyl groups is 1. The van der Waals surface area contributed by atoms with Crippen molar-refractivity contribution in [3.05, 3.63) is 29.3 Å². The van der Waals surface area contributed by atoms with Crippen LogP contribution in [-0.4, -0.2) is 24.2 Å². The minimum absolute atomic E-state index is 0.0624. The SMILES string of the molecule is Cc1ccc(N)cc1C(=O)NCCO. The van der Waals surface area contributed by atoms with Gasteiger partial charge in [0.05, 0.1) is 6.61 Å². The van der Waals surface area contributed by atoms with Crippen LogP contribution < -0.4 is 11.1 Å². The van der Waals surface area contributed by atoms with E-state index in [0.717, 1.165) is 5.56 Å². The number of hydrogen-bond donors (Lipinski definition) is 3. The van der Waals surface area contributed by atoms with Crippen LogP contribution in [0.3, 0.4) is 0 Å². The molecule has 0 saturated carbocycles. The molecule has 0 radical (unpaired) electrons. The third kappa shape index (κ3) is 2.47. The molecule has 0 aliphatic rings. The molecule has 1 rings (SSSR count). The Morgan fingerprint density at radius 2 is 2.29 bits per heavy atom. The fourth-order valence-electron chi connectivity index (χ4n) is 1.15. The smallest absolute Gasteiger partial charge is 0.251 e. The van der Waals surface area contributed by atoms with Crippen LogP contribution in [0.25, 0.3) is 0 Å². The summed E-state index contributed by atoms with van der Waals surface area (Å²) in [5.74, 6) is -0.205. The van der Waals surface area contributed by atoms with Gasteiger partial charge in [-0.3, -0.25) is 4.79 Å². The van der Waals surface area contributed by atoms with Crippen molar-refractivity contribution in [2.45, 2.75) is 6.92 Å². The van der Waals surface area contributed by atoms with Gasteiger partial charge in [-0.25, -0.2) is 0 Å². The number of carbonyl (C=O) groups excluding carboxylic acids is 1. The molecule has 0 aliphatic heterocycles. The van der Waals surface area contributed by atoms with Gasteiger partial charge < -0.3 is 16.2 Å². The number of nitrogen functional groups attached to an aromatic ring is 1. The van der Waals surface area contributed by atoms with Gasteiger partial charge in [0.15, 0.2) is 0 Å². The van der Waals surface area contributed by atoms with E-state index in [0.29, 0.717) is 11.3 Å².